The number of rotatable bonds is 6. The van der Waals surface area contributed by atoms with Gasteiger partial charge in [-0.1, -0.05) is 6.92 Å². The molecular formula is C13H17FN2O3. The Kier molecular flexibility index (Phi) is 5.78. The lowest BCUT2D eigenvalue weighted by atomic mass is 10.2. The summed E-state index contributed by atoms with van der Waals surface area (Å²) < 4.78 is 12.7. The topological polar surface area (TPSA) is 78.4 Å². The van der Waals surface area contributed by atoms with Crippen molar-refractivity contribution in [2.24, 2.45) is 0 Å². The standard InChI is InChI=1S/C13H17FN2O3/c1-2-6-15-12(18)5-7-16-13(19)10-4-3-9(14)8-11(10)17/h3-4,8,17H,2,5-7H2,1H3,(H,15,18)(H,16,19). The predicted molar refractivity (Wildman–Crippen MR) is 68.3 cm³/mol. The third-order valence-electron chi connectivity index (χ3n) is 2.41. The van der Waals surface area contributed by atoms with Gasteiger partial charge in [-0.3, -0.25) is 9.59 Å². The summed E-state index contributed by atoms with van der Waals surface area (Å²) >= 11 is 0. The normalized spacial score (nSPS) is 10.0. The number of nitrogens with one attached hydrogen (secondary N) is 2. The van der Waals surface area contributed by atoms with E-state index in [0.717, 1.165) is 18.6 Å². The Balaban J connectivity index is 2.41. The average molecular weight is 268 g/mol. The quantitative estimate of drug-likeness (QED) is 0.725. The molecule has 19 heavy (non-hydrogen) atoms. The first-order valence-electron chi connectivity index (χ1n) is 6.08. The lowest BCUT2D eigenvalue weighted by molar-refractivity contribution is -0.120. The summed E-state index contributed by atoms with van der Waals surface area (Å²) in [6, 6.07) is 3.14. The summed E-state index contributed by atoms with van der Waals surface area (Å²) in [5.41, 5.74) is -0.0182. The number of hydrogen-bond acceptors (Lipinski definition) is 3. The molecule has 1 rings (SSSR count). The maximum Gasteiger partial charge on any atom is 0.255 e. The second-order valence-electron chi connectivity index (χ2n) is 4.02. The number of benzene rings is 1. The monoisotopic (exact) mass is 268 g/mol. The van der Waals surface area contributed by atoms with E-state index in [4.69, 9.17) is 0 Å². The molecular weight excluding hydrogens is 251 g/mol. The Morgan fingerprint density at radius 2 is 2.00 bits per heavy atom. The molecule has 5 nitrogen and oxygen atoms in total. The Morgan fingerprint density at radius 1 is 1.26 bits per heavy atom. The van der Waals surface area contributed by atoms with Crippen LogP contribution in [0.15, 0.2) is 18.2 Å². The van der Waals surface area contributed by atoms with Crippen LogP contribution >= 0.6 is 0 Å². The molecule has 6 heteroatoms. The first-order chi connectivity index (χ1) is 9.04. The zero-order valence-electron chi connectivity index (χ0n) is 10.7. The zero-order chi connectivity index (χ0) is 14.3. The van der Waals surface area contributed by atoms with Crippen molar-refractivity contribution < 1.29 is 19.1 Å². The van der Waals surface area contributed by atoms with Crippen LogP contribution in [0.5, 0.6) is 5.75 Å². The second kappa shape index (κ2) is 7.35. The van der Waals surface area contributed by atoms with Gasteiger partial charge in [0.1, 0.15) is 11.6 Å². The predicted octanol–water partition coefficient (Wildman–Crippen LogP) is 1.18. The van der Waals surface area contributed by atoms with E-state index >= 15 is 0 Å². The molecule has 0 bridgehead atoms. The van der Waals surface area contributed by atoms with E-state index in [1.807, 2.05) is 6.92 Å². The summed E-state index contributed by atoms with van der Waals surface area (Å²) in [6.07, 6.45) is 1.01. The first-order valence-corrected chi connectivity index (χ1v) is 6.08. The van der Waals surface area contributed by atoms with Gasteiger partial charge >= 0.3 is 0 Å². The lowest BCUT2D eigenvalue weighted by Crippen LogP contribution is -2.31. The molecule has 0 unspecified atom stereocenters. The van der Waals surface area contributed by atoms with Gasteiger partial charge in [0, 0.05) is 25.6 Å². The van der Waals surface area contributed by atoms with Crippen molar-refractivity contribution >= 4 is 11.8 Å². The van der Waals surface area contributed by atoms with E-state index in [2.05, 4.69) is 10.6 Å². The van der Waals surface area contributed by atoms with Crippen molar-refractivity contribution in [1.29, 1.82) is 0 Å². The molecule has 0 aliphatic heterocycles. The van der Waals surface area contributed by atoms with E-state index in [1.54, 1.807) is 0 Å². The maximum absolute atomic E-state index is 12.7. The molecule has 0 aliphatic carbocycles. The van der Waals surface area contributed by atoms with E-state index in [1.165, 1.54) is 6.07 Å². The highest BCUT2D eigenvalue weighted by atomic mass is 19.1. The van der Waals surface area contributed by atoms with Crippen LogP contribution in [0.4, 0.5) is 4.39 Å². The average Bonchev–Trinajstić information content (AvgIpc) is 2.36. The van der Waals surface area contributed by atoms with Crippen LogP contribution in [-0.2, 0) is 4.79 Å². The van der Waals surface area contributed by atoms with Crippen LogP contribution in [0.3, 0.4) is 0 Å². The molecule has 0 fully saturated rings. The molecule has 2 amide bonds. The number of aromatic hydroxyl groups is 1. The minimum atomic E-state index is -0.618. The summed E-state index contributed by atoms with van der Waals surface area (Å²) in [4.78, 5) is 22.9. The van der Waals surface area contributed by atoms with Crippen LogP contribution in [0.2, 0.25) is 0 Å². The first kappa shape index (κ1) is 14.9. The third-order valence-corrected chi connectivity index (χ3v) is 2.41. The molecule has 0 atom stereocenters. The number of phenolic OH excluding ortho intramolecular Hbond substituents is 1. The van der Waals surface area contributed by atoms with Gasteiger partial charge in [0.05, 0.1) is 5.56 Å². The number of amides is 2. The van der Waals surface area contributed by atoms with Crippen molar-refractivity contribution in [3.8, 4) is 5.75 Å². The third kappa shape index (κ3) is 4.95. The Bertz CT molecular complexity index is 463. The van der Waals surface area contributed by atoms with E-state index in [0.29, 0.717) is 6.54 Å². The molecule has 104 valence electrons. The highest BCUT2D eigenvalue weighted by molar-refractivity contribution is 5.96. The van der Waals surface area contributed by atoms with Gasteiger partial charge in [-0.2, -0.15) is 0 Å². The molecule has 0 spiro atoms. The molecule has 1 aromatic rings. The molecule has 0 saturated heterocycles. The van der Waals surface area contributed by atoms with Crippen molar-refractivity contribution in [1.82, 2.24) is 10.6 Å². The summed E-state index contributed by atoms with van der Waals surface area (Å²) in [7, 11) is 0. The smallest absolute Gasteiger partial charge is 0.255 e. The van der Waals surface area contributed by atoms with Crippen LogP contribution in [0.25, 0.3) is 0 Å². The summed E-state index contributed by atoms with van der Waals surface area (Å²) in [5.74, 6) is -1.73. The fourth-order valence-corrected chi connectivity index (χ4v) is 1.43. The van der Waals surface area contributed by atoms with E-state index in [9.17, 15) is 19.1 Å². The fraction of sp³-hybridized carbons (Fsp3) is 0.385. The van der Waals surface area contributed by atoms with Gasteiger partial charge in [0.25, 0.3) is 5.91 Å². The van der Waals surface area contributed by atoms with Crippen molar-refractivity contribution in [2.75, 3.05) is 13.1 Å². The molecule has 1 aromatic carbocycles. The van der Waals surface area contributed by atoms with Gasteiger partial charge in [-0.15, -0.1) is 0 Å². The lowest BCUT2D eigenvalue weighted by Gasteiger charge is -2.07. The maximum atomic E-state index is 12.7. The van der Waals surface area contributed by atoms with Crippen LogP contribution in [-0.4, -0.2) is 30.0 Å². The fourth-order valence-electron chi connectivity index (χ4n) is 1.43. The van der Waals surface area contributed by atoms with E-state index in [-0.39, 0.29) is 24.4 Å². The molecule has 0 heterocycles. The van der Waals surface area contributed by atoms with Crippen LogP contribution in [0, 0.1) is 5.82 Å². The van der Waals surface area contributed by atoms with Crippen molar-refractivity contribution in [3.63, 3.8) is 0 Å². The van der Waals surface area contributed by atoms with Crippen molar-refractivity contribution in [2.45, 2.75) is 19.8 Å². The molecule has 3 N–H and O–H groups in total. The van der Waals surface area contributed by atoms with Gasteiger partial charge in [-0.25, -0.2) is 4.39 Å². The number of carbonyl (C=O) groups is 2. The molecule has 0 saturated carbocycles. The highest BCUT2D eigenvalue weighted by Crippen LogP contribution is 2.17. The zero-order valence-corrected chi connectivity index (χ0v) is 10.7. The Hall–Kier alpha value is -2.11. The number of phenols is 1. The van der Waals surface area contributed by atoms with Gasteiger partial charge in [0.15, 0.2) is 0 Å². The number of halogens is 1. The Labute approximate surface area is 110 Å². The molecule has 0 aliphatic rings. The number of carbonyl (C=O) groups excluding carboxylic acids is 2. The van der Waals surface area contributed by atoms with Crippen LogP contribution < -0.4 is 10.6 Å². The minimum Gasteiger partial charge on any atom is -0.507 e. The SMILES string of the molecule is CCCNC(=O)CCNC(=O)c1ccc(F)cc1O. The molecule has 0 aromatic heterocycles. The van der Waals surface area contributed by atoms with Crippen LogP contribution in [0.1, 0.15) is 30.1 Å². The van der Waals surface area contributed by atoms with Gasteiger partial charge in [0.2, 0.25) is 5.91 Å². The van der Waals surface area contributed by atoms with Crippen molar-refractivity contribution in [3.05, 3.63) is 29.6 Å². The molecule has 0 radical (unpaired) electrons. The highest BCUT2D eigenvalue weighted by Gasteiger charge is 2.11. The minimum absolute atomic E-state index is 0.0182. The number of hydrogen-bond donors (Lipinski definition) is 3. The largest absolute Gasteiger partial charge is 0.507 e. The summed E-state index contributed by atoms with van der Waals surface area (Å²) in [6.45, 7) is 2.70. The Morgan fingerprint density at radius 3 is 2.63 bits per heavy atom. The summed E-state index contributed by atoms with van der Waals surface area (Å²) in [5, 5.41) is 14.6. The van der Waals surface area contributed by atoms with Gasteiger partial charge in [-0.05, 0) is 18.6 Å². The van der Waals surface area contributed by atoms with E-state index < -0.39 is 17.5 Å². The second-order valence-corrected chi connectivity index (χ2v) is 4.02. The van der Waals surface area contributed by atoms with Gasteiger partial charge < -0.3 is 15.7 Å².